The maximum absolute atomic E-state index is 13.9. The Morgan fingerprint density at radius 2 is 1.78 bits per heavy atom. The molecule has 41 heavy (non-hydrogen) atoms. The Morgan fingerprint density at radius 1 is 1.00 bits per heavy atom. The van der Waals surface area contributed by atoms with Gasteiger partial charge in [-0.1, -0.05) is 13.8 Å². The molecule has 0 bridgehead atoms. The molecule has 0 unspecified atom stereocenters. The number of fused-ring (bicyclic) bond motifs is 1. The standard InChI is InChI=1S/C28H27F3N6O4/c1-17(2)26(38)35-24-15-25(33-16-32-24)41-20-4-6-22-18(13-20)7-8-37(22)27(39)34-19-3-5-23(21(14-19)28(29,30)31)36-9-11-40-12-10-36/h3-8,13-17H,9-12H2,1-2H3,(H,34,39)(H,32,33,35,38). The summed E-state index contributed by atoms with van der Waals surface area (Å²) in [5.41, 5.74) is -0.238. The molecular formula is C28H27F3N6O4. The van der Waals surface area contributed by atoms with E-state index < -0.39 is 17.8 Å². The van der Waals surface area contributed by atoms with Crippen LogP contribution in [0.4, 0.5) is 35.2 Å². The quantitative estimate of drug-likeness (QED) is 0.305. The lowest BCUT2D eigenvalue weighted by molar-refractivity contribution is -0.137. The van der Waals surface area contributed by atoms with E-state index in [1.54, 1.807) is 43.0 Å². The molecule has 1 aliphatic heterocycles. The summed E-state index contributed by atoms with van der Waals surface area (Å²) in [5, 5.41) is 5.89. The van der Waals surface area contributed by atoms with Crippen molar-refractivity contribution in [2.75, 3.05) is 41.8 Å². The van der Waals surface area contributed by atoms with Gasteiger partial charge in [0.25, 0.3) is 0 Å². The summed E-state index contributed by atoms with van der Waals surface area (Å²) in [7, 11) is 0. The molecule has 214 valence electrons. The van der Waals surface area contributed by atoms with Crippen molar-refractivity contribution in [3.05, 3.63) is 66.6 Å². The number of carbonyl (C=O) groups is 2. The number of amides is 2. The van der Waals surface area contributed by atoms with Gasteiger partial charge in [0.1, 0.15) is 17.9 Å². The van der Waals surface area contributed by atoms with Crippen molar-refractivity contribution in [1.82, 2.24) is 14.5 Å². The molecule has 0 radical (unpaired) electrons. The summed E-state index contributed by atoms with van der Waals surface area (Å²) >= 11 is 0. The lowest BCUT2D eigenvalue weighted by atomic mass is 10.1. The molecule has 4 aromatic rings. The van der Waals surface area contributed by atoms with E-state index in [9.17, 15) is 22.8 Å². The number of rotatable bonds is 6. The van der Waals surface area contributed by atoms with Gasteiger partial charge in [-0.2, -0.15) is 13.2 Å². The number of anilines is 3. The van der Waals surface area contributed by atoms with E-state index in [1.807, 2.05) is 0 Å². The van der Waals surface area contributed by atoms with Crippen LogP contribution in [0.3, 0.4) is 0 Å². The summed E-state index contributed by atoms with van der Waals surface area (Å²) in [5.74, 6) is 0.502. The molecule has 10 nitrogen and oxygen atoms in total. The number of halogens is 3. The smallest absolute Gasteiger partial charge is 0.418 e. The van der Waals surface area contributed by atoms with Crippen molar-refractivity contribution in [2.24, 2.45) is 5.92 Å². The van der Waals surface area contributed by atoms with E-state index in [0.717, 1.165) is 6.07 Å². The lowest BCUT2D eigenvalue weighted by Gasteiger charge is -2.31. The van der Waals surface area contributed by atoms with Crippen molar-refractivity contribution in [2.45, 2.75) is 20.0 Å². The number of nitrogens with zero attached hydrogens (tertiary/aromatic N) is 4. The Labute approximate surface area is 233 Å². The predicted octanol–water partition coefficient (Wildman–Crippen LogP) is 5.75. The van der Waals surface area contributed by atoms with E-state index in [4.69, 9.17) is 9.47 Å². The minimum Gasteiger partial charge on any atom is -0.439 e. The third-order valence-corrected chi connectivity index (χ3v) is 6.43. The number of aromatic nitrogens is 3. The number of ether oxygens (including phenoxy) is 2. The van der Waals surface area contributed by atoms with E-state index in [-0.39, 0.29) is 29.1 Å². The zero-order valence-electron chi connectivity index (χ0n) is 22.2. The summed E-state index contributed by atoms with van der Waals surface area (Å²) in [6.45, 7) is 4.92. The van der Waals surface area contributed by atoms with E-state index >= 15 is 0 Å². The van der Waals surface area contributed by atoms with Crippen LogP contribution in [-0.4, -0.2) is 52.8 Å². The first kappa shape index (κ1) is 27.9. The summed E-state index contributed by atoms with van der Waals surface area (Å²) in [4.78, 5) is 34.7. The number of hydrogen-bond donors (Lipinski definition) is 2. The number of hydrogen-bond acceptors (Lipinski definition) is 7. The molecule has 5 rings (SSSR count). The molecule has 13 heteroatoms. The number of nitrogens with one attached hydrogen (secondary N) is 2. The zero-order valence-corrected chi connectivity index (χ0v) is 22.2. The fourth-order valence-corrected chi connectivity index (χ4v) is 4.32. The van der Waals surface area contributed by atoms with Gasteiger partial charge in [0, 0.05) is 48.0 Å². The fourth-order valence-electron chi connectivity index (χ4n) is 4.32. The van der Waals surface area contributed by atoms with Gasteiger partial charge in [0.05, 0.1) is 24.3 Å². The summed E-state index contributed by atoms with van der Waals surface area (Å²) in [6.07, 6.45) is -1.82. The second-order valence-electron chi connectivity index (χ2n) is 9.65. The highest BCUT2D eigenvalue weighted by Crippen LogP contribution is 2.38. The van der Waals surface area contributed by atoms with Gasteiger partial charge in [-0.15, -0.1) is 0 Å². The average molecular weight is 569 g/mol. The Morgan fingerprint density at radius 3 is 2.51 bits per heavy atom. The second-order valence-corrected chi connectivity index (χ2v) is 9.65. The van der Waals surface area contributed by atoms with Crippen LogP contribution in [0.2, 0.25) is 0 Å². The number of carbonyl (C=O) groups excluding carboxylic acids is 2. The monoisotopic (exact) mass is 568 g/mol. The minimum absolute atomic E-state index is 0.0188. The van der Waals surface area contributed by atoms with E-state index in [2.05, 4.69) is 20.6 Å². The summed E-state index contributed by atoms with van der Waals surface area (Å²) in [6, 6.07) is 11.3. The van der Waals surface area contributed by atoms with E-state index in [1.165, 1.54) is 35.3 Å². The van der Waals surface area contributed by atoms with Crippen LogP contribution in [0.25, 0.3) is 10.9 Å². The Kier molecular flexibility index (Phi) is 7.79. The normalized spacial score (nSPS) is 13.9. The SMILES string of the molecule is CC(C)C(=O)Nc1cc(Oc2ccc3c(ccn3C(=O)Nc3ccc(N4CCOCC4)c(C(F)(F)F)c3)c2)ncn1. The molecule has 0 spiro atoms. The van der Waals surface area contributed by atoms with Gasteiger partial charge in [-0.3, -0.25) is 9.36 Å². The maximum atomic E-state index is 13.9. The first-order valence-electron chi connectivity index (χ1n) is 12.9. The topological polar surface area (TPSA) is 111 Å². The Hall–Kier alpha value is -4.65. The fraction of sp³-hybridized carbons (Fsp3) is 0.286. The van der Waals surface area contributed by atoms with Gasteiger partial charge in [-0.25, -0.2) is 14.8 Å². The van der Waals surface area contributed by atoms with Gasteiger partial charge >= 0.3 is 12.2 Å². The highest BCUT2D eigenvalue weighted by Gasteiger charge is 2.35. The molecule has 2 aromatic heterocycles. The molecule has 3 heterocycles. The van der Waals surface area contributed by atoms with Crippen LogP contribution < -0.4 is 20.3 Å². The third-order valence-electron chi connectivity index (χ3n) is 6.43. The van der Waals surface area contributed by atoms with Crippen LogP contribution in [0.15, 0.2) is 61.1 Å². The van der Waals surface area contributed by atoms with E-state index in [0.29, 0.717) is 48.8 Å². The van der Waals surface area contributed by atoms with Crippen molar-refractivity contribution in [1.29, 1.82) is 0 Å². The molecule has 1 aliphatic rings. The van der Waals surface area contributed by atoms with Crippen LogP contribution in [0.1, 0.15) is 19.4 Å². The largest absolute Gasteiger partial charge is 0.439 e. The number of benzene rings is 2. The molecule has 0 saturated carbocycles. The van der Waals surface area contributed by atoms with Crippen molar-refractivity contribution >= 4 is 40.0 Å². The zero-order chi connectivity index (χ0) is 29.1. The molecular weight excluding hydrogens is 541 g/mol. The first-order valence-corrected chi connectivity index (χ1v) is 12.9. The molecule has 2 amide bonds. The molecule has 1 fully saturated rings. The third kappa shape index (κ3) is 6.40. The molecule has 0 aliphatic carbocycles. The summed E-state index contributed by atoms with van der Waals surface area (Å²) < 4.78 is 54.0. The molecule has 1 saturated heterocycles. The van der Waals surface area contributed by atoms with Crippen molar-refractivity contribution in [3.8, 4) is 11.6 Å². The lowest BCUT2D eigenvalue weighted by Crippen LogP contribution is -2.37. The average Bonchev–Trinajstić information content (AvgIpc) is 3.37. The molecule has 0 atom stereocenters. The van der Waals surface area contributed by atoms with Crippen molar-refractivity contribution < 1.29 is 32.2 Å². The number of alkyl halides is 3. The molecule has 2 N–H and O–H groups in total. The van der Waals surface area contributed by atoms with Gasteiger partial charge < -0.3 is 25.0 Å². The predicted molar refractivity (Wildman–Crippen MR) is 146 cm³/mol. The highest BCUT2D eigenvalue weighted by atomic mass is 19.4. The highest BCUT2D eigenvalue weighted by molar-refractivity contribution is 5.99. The van der Waals surface area contributed by atoms with Gasteiger partial charge in [0.15, 0.2) is 0 Å². The van der Waals surface area contributed by atoms with Gasteiger partial charge in [0.2, 0.25) is 11.8 Å². The van der Waals surface area contributed by atoms with Crippen LogP contribution in [0.5, 0.6) is 11.6 Å². The minimum atomic E-state index is -4.60. The first-order chi connectivity index (χ1) is 19.6. The van der Waals surface area contributed by atoms with Crippen LogP contribution >= 0.6 is 0 Å². The Bertz CT molecular complexity index is 1580. The second kappa shape index (κ2) is 11.5. The van der Waals surface area contributed by atoms with Crippen LogP contribution in [0, 0.1) is 5.92 Å². The van der Waals surface area contributed by atoms with Crippen molar-refractivity contribution in [3.63, 3.8) is 0 Å². The Balaban J connectivity index is 1.32. The maximum Gasteiger partial charge on any atom is 0.418 e. The van der Waals surface area contributed by atoms with Gasteiger partial charge in [-0.05, 0) is 42.5 Å². The number of morpholine rings is 1. The van der Waals surface area contributed by atoms with Crippen LogP contribution in [-0.2, 0) is 15.7 Å². The molecule has 2 aromatic carbocycles.